The Morgan fingerprint density at radius 2 is 1.81 bits per heavy atom. The van der Waals surface area contributed by atoms with Gasteiger partial charge in [-0.25, -0.2) is 4.39 Å². The number of methoxy groups -OCH3 is 1. The van der Waals surface area contributed by atoms with Crippen molar-refractivity contribution < 1.29 is 18.7 Å². The molecule has 0 saturated heterocycles. The van der Waals surface area contributed by atoms with Crippen molar-refractivity contribution in [3.63, 3.8) is 0 Å². The van der Waals surface area contributed by atoms with Crippen molar-refractivity contribution in [2.24, 2.45) is 0 Å². The molecule has 0 saturated carbocycles. The van der Waals surface area contributed by atoms with E-state index in [-0.39, 0.29) is 24.8 Å². The van der Waals surface area contributed by atoms with Crippen LogP contribution in [-0.4, -0.2) is 36.9 Å². The first-order chi connectivity index (χ1) is 13.0. The summed E-state index contributed by atoms with van der Waals surface area (Å²) in [6.45, 7) is 2.10. The molecule has 2 aromatic rings. The Balaban J connectivity index is 2.28. The summed E-state index contributed by atoms with van der Waals surface area (Å²) in [5, 5.41) is 2.60. The van der Waals surface area contributed by atoms with E-state index in [1.807, 2.05) is 19.1 Å². The van der Waals surface area contributed by atoms with E-state index in [0.717, 1.165) is 5.56 Å². The molecule has 1 atom stereocenters. The molecule has 27 heavy (non-hydrogen) atoms. The Bertz CT molecular complexity index is 777. The molecule has 0 heterocycles. The third kappa shape index (κ3) is 5.29. The molecule has 5 nitrogen and oxygen atoms in total. The van der Waals surface area contributed by atoms with Gasteiger partial charge in [-0.15, -0.1) is 0 Å². The van der Waals surface area contributed by atoms with Crippen molar-refractivity contribution in [1.29, 1.82) is 0 Å². The van der Waals surface area contributed by atoms with Crippen LogP contribution in [0.5, 0.6) is 5.75 Å². The molecular formula is C21H25FN2O3. The SMILES string of the molecule is CC[C@@H](C(=O)NC)N(Cc1ccc(OC)cc1)C(=O)Cc1ccccc1F. The molecule has 6 heteroatoms. The molecule has 0 aliphatic rings. The summed E-state index contributed by atoms with van der Waals surface area (Å²) in [4.78, 5) is 26.8. The van der Waals surface area contributed by atoms with Crippen molar-refractivity contribution >= 4 is 11.8 Å². The molecule has 0 bridgehead atoms. The number of carbonyl (C=O) groups excluding carboxylic acids is 2. The number of amides is 2. The molecule has 0 aliphatic carbocycles. The van der Waals surface area contributed by atoms with Crippen LogP contribution in [0.15, 0.2) is 48.5 Å². The fourth-order valence-corrected chi connectivity index (χ4v) is 2.92. The van der Waals surface area contributed by atoms with Gasteiger partial charge in [-0.1, -0.05) is 37.3 Å². The number of rotatable bonds is 8. The van der Waals surface area contributed by atoms with Gasteiger partial charge in [0.25, 0.3) is 0 Å². The highest BCUT2D eigenvalue weighted by Crippen LogP contribution is 2.18. The minimum absolute atomic E-state index is 0.101. The summed E-state index contributed by atoms with van der Waals surface area (Å²) in [6.07, 6.45) is 0.356. The Morgan fingerprint density at radius 3 is 2.37 bits per heavy atom. The Morgan fingerprint density at radius 1 is 1.15 bits per heavy atom. The summed E-state index contributed by atoms with van der Waals surface area (Å²) in [5.74, 6) is -0.260. The fourth-order valence-electron chi connectivity index (χ4n) is 2.92. The van der Waals surface area contributed by atoms with Crippen molar-refractivity contribution in [3.05, 3.63) is 65.5 Å². The number of ether oxygens (including phenoxy) is 1. The van der Waals surface area contributed by atoms with Gasteiger partial charge in [0, 0.05) is 13.6 Å². The topological polar surface area (TPSA) is 58.6 Å². The predicted octanol–water partition coefficient (Wildman–Crippen LogP) is 2.93. The van der Waals surface area contributed by atoms with Crippen LogP contribution in [0.1, 0.15) is 24.5 Å². The Labute approximate surface area is 159 Å². The number of hydrogen-bond acceptors (Lipinski definition) is 3. The monoisotopic (exact) mass is 372 g/mol. The number of halogens is 1. The van der Waals surface area contributed by atoms with Crippen molar-refractivity contribution in [2.75, 3.05) is 14.2 Å². The molecule has 0 unspecified atom stereocenters. The standard InChI is InChI=1S/C21H25FN2O3/c1-4-19(21(26)23-2)24(14-15-9-11-17(27-3)12-10-15)20(25)13-16-7-5-6-8-18(16)22/h5-12,19H,4,13-14H2,1-3H3,(H,23,26)/t19-/m0/s1. The van der Waals surface area contributed by atoms with Gasteiger partial charge in [-0.2, -0.15) is 0 Å². The third-order valence-electron chi connectivity index (χ3n) is 4.44. The molecule has 2 aromatic carbocycles. The maximum atomic E-state index is 14.0. The second-order valence-corrected chi connectivity index (χ2v) is 6.18. The van der Waals surface area contributed by atoms with Crippen LogP contribution in [-0.2, 0) is 22.6 Å². The average Bonchev–Trinajstić information content (AvgIpc) is 2.69. The Hall–Kier alpha value is -2.89. The summed E-state index contributed by atoms with van der Waals surface area (Å²) in [7, 11) is 3.12. The van der Waals surface area contributed by atoms with Crippen LogP contribution in [0.4, 0.5) is 4.39 Å². The Kier molecular flexibility index (Phi) is 7.34. The number of likely N-dealkylation sites (N-methyl/N-ethyl adjacent to an activating group) is 1. The zero-order valence-corrected chi connectivity index (χ0v) is 15.9. The van der Waals surface area contributed by atoms with Crippen molar-refractivity contribution in [3.8, 4) is 5.75 Å². The smallest absolute Gasteiger partial charge is 0.242 e. The number of benzene rings is 2. The highest BCUT2D eigenvalue weighted by atomic mass is 19.1. The lowest BCUT2D eigenvalue weighted by molar-refractivity contribution is -0.140. The van der Waals surface area contributed by atoms with E-state index >= 15 is 0 Å². The molecule has 2 amide bonds. The van der Waals surface area contributed by atoms with Crippen LogP contribution < -0.4 is 10.1 Å². The van der Waals surface area contributed by atoms with Crippen LogP contribution >= 0.6 is 0 Å². The van der Waals surface area contributed by atoms with E-state index < -0.39 is 11.9 Å². The maximum absolute atomic E-state index is 14.0. The molecule has 0 spiro atoms. The minimum Gasteiger partial charge on any atom is -0.497 e. The number of nitrogens with one attached hydrogen (secondary N) is 1. The van der Waals surface area contributed by atoms with Gasteiger partial charge in [0.1, 0.15) is 17.6 Å². The largest absolute Gasteiger partial charge is 0.497 e. The van der Waals surface area contributed by atoms with Crippen LogP contribution in [0.25, 0.3) is 0 Å². The van der Waals surface area contributed by atoms with Crippen LogP contribution in [0.2, 0.25) is 0 Å². The predicted molar refractivity (Wildman–Crippen MR) is 102 cm³/mol. The third-order valence-corrected chi connectivity index (χ3v) is 4.44. The first-order valence-electron chi connectivity index (χ1n) is 8.87. The van der Waals surface area contributed by atoms with Gasteiger partial charge in [-0.3, -0.25) is 9.59 Å². The van der Waals surface area contributed by atoms with E-state index in [2.05, 4.69) is 5.32 Å². The summed E-state index contributed by atoms with van der Waals surface area (Å²) >= 11 is 0. The van der Waals surface area contributed by atoms with Gasteiger partial charge in [-0.05, 0) is 35.7 Å². The zero-order valence-electron chi connectivity index (χ0n) is 15.9. The van der Waals surface area contributed by atoms with E-state index in [1.54, 1.807) is 37.4 Å². The first-order valence-corrected chi connectivity index (χ1v) is 8.87. The lowest BCUT2D eigenvalue weighted by Gasteiger charge is -2.30. The molecular weight excluding hydrogens is 347 g/mol. The number of nitrogens with zero attached hydrogens (tertiary/aromatic N) is 1. The summed E-state index contributed by atoms with van der Waals surface area (Å²) in [6, 6.07) is 12.8. The summed E-state index contributed by atoms with van der Waals surface area (Å²) in [5.41, 5.74) is 1.18. The lowest BCUT2D eigenvalue weighted by Crippen LogP contribution is -2.48. The van der Waals surface area contributed by atoms with E-state index in [4.69, 9.17) is 4.74 Å². The van der Waals surface area contributed by atoms with Crippen LogP contribution in [0.3, 0.4) is 0 Å². The highest BCUT2D eigenvalue weighted by molar-refractivity contribution is 5.88. The second kappa shape index (κ2) is 9.71. The quantitative estimate of drug-likeness (QED) is 0.775. The fraction of sp³-hybridized carbons (Fsp3) is 0.333. The van der Waals surface area contributed by atoms with E-state index in [1.165, 1.54) is 18.0 Å². The van der Waals surface area contributed by atoms with Crippen LogP contribution in [0, 0.1) is 5.82 Å². The van der Waals surface area contributed by atoms with E-state index in [9.17, 15) is 14.0 Å². The number of hydrogen-bond donors (Lipinski definition) is 1. The minimum atomic E-state index is -0.628. The van der Waals surface area contributed by atoms with Gasteiger partial charge in [0.05, 0.1) is 13.5 Å². The van der Waals surface area contributed by atoms with Gasteiger partial charge >= 0.3 is 0 Å². The van der Waals surface area contributed by atoms with Gasteiger partial charge in [0.2, 0.25) is 11.8 Å². The molecule has 0 aliphatic heterocycles. The van der Waals surface area contributed by atoms with Gasteiger partial charge in [0.15, 0.2) is 0 Å². The first kappa shape index (κ1) is 20.4. The lowest BCUT2D eigenvalue weighted by atomic mass is 10.1. The zero-order chi connectivity index (χ0) is 19.8. The van der Waals surface area contributed by atoms with E-state index in [0.29, 0.717) is 17.7 Å². The average molecular weight is 372 g/mol. The molecule has 0 radical (unpaired) electrons. The second-order valence-electron chi connectivity index (χ2n) is 6.18. The van der Waals surface area contributed by atoms with Crippen molar-refractivity contribution in [1.82, 2.24) is 10.2 Å². The molecule has 0 fully saturated rings. The maximum Gasteiger partial charge on any atom is 0.242 e. The van der Waals surface area contributed by atoms with Crippen molar-refractivity contribution in [2.45, 2.75) is 32.4 Å². The number of carbonyl (C=O) groups is 2. The molecule has 0 aromatic heterocycles. The summed E-state index contributed by atoms with van der Waals surface area (Å²) < 4.78 is 19.1. The normalized spacial score (nSPS) is 11.6. The van der Waals surface area contributed by atoms with Gasteiger partial charge < -0.3 is 15.0 Å². The molecule has 2 rings (SSSR count). The molecule has 144 valence electrons. The molecule has 1 N–H and O–H groups in total. The highest BCUT2D eigenvalue weighted by Gasteiger charge is 2.28.